The molecule has 4 heterocycles. The van der Waals surface area contributed by atoms with Gasteiger partial charge in [-0.2, -0.15) is 9.78 Å². The number of hydrogen-bond donors (Lipinski definition) is 1. The summed E-state index contributed by atoms with van der Waals surface area (Å²) in [5.74, 6) is -0.297. The van der Waals surface area contributed by atoms with Crippen molar-refractivity contribution in [3.05, 3.63) is 58.8 Å². The summed E-state index contributed by atoms with van der Waals surface area (Å²) in [5.41, 5.74) is 3.10. The Morgan fingerprint density at radius 1 is 0.939 bits per heavy atom. The molecular formula is C24H24FN5O3. The zero-order chi connectivity index (χ0) is 22.4. The molecule has 0 spiro atoms. The van der Waals surface area contributed by atoms with Crippen molar-refractivity contribution >= 4 is 22.3 Å². The highest BCUT2D eigenvalue weighted by Crippen LogP contribution is 2.41. The first-order valence-electron chi connectivity index (χ1n) is 11.2. The van der Waals surface area contributed by atoms with E-state index < -0.39 is 0 Å². The minimum absolute atomic E-state index is 0.236. The second-order valence-corrected chi connectivity index (χ2v) is 8.28. The molecule has 8 nitrogen and oxygen atoms in total. The van der Waals surface area contributed by atoms with E-state index in [1.54, 1.807) is 6.20 Å². The number of pyridine rings is 1. The molecule has 0 aliphatic carbocycles. The summed E-state index contributed by atoms with van der Waals surface area (Å²) in [5, 5.41) is 5.30. The number of H-pyrrole nitrogens is 1. The quantitative estimate of drug-likeness (QED) is 0.518. The standard InChI is InChI=1S/C24H24FN5O3/c25-21-19(28-6-10-32-11-7-28)14-18-20(23(21)29-8-12-33-13-9-29)22-17(15-26-18)24(31)30(27-22)16-4-2-1-3-5-16/h1-5,14-15,26H,6-13H2. The molecule has 0 bridgehead atoms. The second-order valence-electron chi connectivity index (χ2n) is 8.28. The molecule has 4 aliphatic rings. The average Bonchev–Trinajstić information content (AvgIpc) is 3.22. The molecule has 9 heteroatoms. The van der Waals surface area contributed by atoms with Crippen molar-refractivity contribution in [2.75, 3.05) is 62.4 Å². The molecule has 0 unspecified atom stereocenters. The summed E-state index contributed by atoms with van der Waals surface area (Å²) < 4.78 is 28.6. The van der Waals surface area contributed by atoms with Crippen molar-refractivity contribution in [3.63, 3.8) is 0 Å². The molecule has 0 saturated carbocycles. The van der Waals surface area contributed by atoms with Gasteiger partial charge in [-0.25, -0.2) is 4.39 Å². The van der Waals surface area contributed by atoms with E-state index >= 15 is 4.39 Å². The third kappa shape index (κ3) is 3.35. The monoisotopic (exact) mass is 449 g/mol. The highest BCUT2D eigenvalue weighted by molar-refractivity contribution is 6.05. The van der Waals surface area contributed by atoms with Crippen LogP contribution in [0.15, 0.2) is 47.4 Å². The maximum atomic E-state index is 16.2. The van der Waals surface area contributed by atoms with Crippen molar-refractivity contribution in [2.24, 2.45) is 0 Å². The first-order valence-corrected chi connectivity index (χ1v) is 11.2. The highest BCUT2D eigenvalue weighted by atomic mass is 19.1. The van der Waals surface area contributed by atoms with Gasteiger partial charge >= 0.3 is 0 Å². The van der Waals surface area contributed by atoms with Gasteiger partial charge in [-0.1, -0.05) is 18.2 Å². The third-order valence-corrected chi connectivity index (χ3v) is 6.39. The summed E-state index contributed by atoms with van der Waals surface area (Å²) in [7, 11) is 0. The average molecular weight is 449 g/mol. The van der Waals surface area contributed by atoms with Crippen LogP contribution in [0.2, 0.25) is 0 Å². The topological polar surface area (TPSA) is 75.6 Å². The van der Waals surface area contributed by atoms with Gasteiger partial charge < -0.3 is 24.3 Å². The van der Waals surface area contributed by atoms with E-state index in [-0.39, 0.29) is 11.4 Å². The number of nitrogens with zero attached hydrogens (tertiary/aromatic N) is 4. The van der Waals surface area contributed by atoms with E-state index in [1.165, 1.54) is 4.68 Å². The Labute approximate surface area is 189 Å². The van der Waals surface area contributed by atoms with Gasteiger partial charge in [0.05, 0.1) is 60.0 Å². The van der Waals surface area contributed by atoms with Crippen molar-refractivity contribution in [1.29, 1.82) is 0 Å². The normalized spacial score (nSPS) is 17.2. The Morgan fingerprint density at radius 2 is 1.61 bits per heavy atom. The van der Waals surface area contributed by atoms with Crippen LogP contribution in [-0.4, -0.2) is 67.4 Å². The fourth-order valence-corrected chi connectivity index (χ4v) is 4.73. The highest BCUT2D eigenvalue weighted by Gasteiger charge is 2.29. The molecule has 0 radical (unpaired) electrons. The summed E-state index contributed by atoms with van der Waals surface area (Å²) in [6.45, 7) is 4.56. The van der Waals surface area contributed by atoms with Crippen LogP contribution in [0.4, 0.5) is 15.8 Å². The Bertz CT molecular complexity index is 1320. The molecule has 1 N–H and O–H groups in total. The first kappa shape index (κ1) is 20.2. The second kappa shape index (κ2) is 8.17. The SMILES string of the molecule is O=c1c2c[nH]c3cc(N4CCOCC4)c(F)c(N4CCOCC4)c3c-2nn1-c1ccccc1. The largest absolute Gasteiger partial charge is 0.378 e. The molecule has 6 rings (SSSR count). The first-order chi connectivity index (χ1) is 16.2. The minimum Gasteiger partial charge on any atom is -0.378 e. The van der Waals surface area contributed by atoms with Gasteiger partial charge in [-0.05, 0) is 18.2 Å². The smallest absolute Gasteiger partial charge is 0.282 e. The number of para-hydroxylation sites is 1. The molecule has 2 saturated heterocycles. The number of hydrogen-bond acceptors (Lipinski definition) is 6. The molecule has 2 fully saturated rings. The van der Waals surface area contributed by atoms with Crippen LogP contribution in [-0.2, 0) is 9.47 Å². The summed E-state index contributed by atoms with van der Waals surface area (Å²) in [6, 6.07) is 11.1. The number of rotatable bonds is 3. The lowest BCUT2D eigenvalue weighted by atomic mass is 10.0. The van der Waals surface area contributed by atoms with Gasteiger partial charge in [0, 0.05) is 32.4 Å². The van der Waals surface area contributed by atoms with Crippen LogP contribution in [0, 0.1) is 5.82 Å². The van der Waals surface area contributed by atoms with E-state index in [0.717, 1.165) is 5.52 Å². The molecule has 4 aliphatic heterocycles. The van der Waals surface area contributed by atoms with E-state index in [0.29, 0.717) is 86.3 Å². The van der Waals surface area contributed by atoms with Gasteiger partial charge in [0.25, 0.3) is 5.56 Å². The van der Waals surface area contributed by atoms with E-state index in [1.807, 2.05) is 46.2 Å². The summed E-state index contributed by atoms with van der Waals surface area (Å²) >= 11 is 0. The third-order valence-electron chi connectivity index (χ3n) is 6.39. The Kier molecular flexibility index (Phi) is 5.00. The number of morpholine rings is 2. The lowest BCUT2D eigenvalue weighted by Gasteiger charge is -2.34. The number of ether oxygens (including phenoxy) is 2. The zero-order valence-corrected chi connectivity index (χ0v) is 18.1. The minimum atomic E-state index is -0.297. The van der Waals surface area contributed by atoms with Crippen LogP contribution in [0.25, 0.3) is 27.8 Å². The van der Waals surface area contributed by atoms with Crippen LogP contribution in [0.5, 0.6) is 0 Å². The molecule has 2 aromatic rings. The number of nitrogens with one attached hydrogen (secondary N) is 1. The molecule has 0 amide bonds. The van der Waals surface area contributed by atoms with Crippen molar-refractivity contribution in [3.8, 4) is 16.9 Å². The number of halogens is 1. The van der Waals surface area contributed by atoms with Gasteiger partial charge in [-0.15, -0.1) is 0 Å². The number of fused-ring (bicyclic) bond motifs is 3. The van der Waals surface area contributed by atoms with E-state index in [2.05, 4.69) is 10.1 Å². The molecule has 0 aromatic heterocycles. The Morgan fingerprint density at radius 3 is 2.30 bits per heavy atom. The lowest BCUT2D eigenvalue weighted by molar-refractivity contribution is 0.121. The lowest BCUT2D eigenvalue weighted by Crippen LogP contribution is -2.39. The molecular weight excluding hydrogens is 425 g/mol. The number of anilines is 2. The zero-order valence-electron chi connectivity index (χ0n) is 18.1. The maximum absolute atomic E-state index is 16.2. The van der Waals surface area contributed by atoms with Crippen LogP contribution >= 0.6 is 0 Å². The predicted octanol–water partition coefficient (Wildman–Crippen LogP) is 2.63. The van der Waals surface area contributed by atoms with Gasteiger partial charge in [0.15, 0.2) is 5.82 Å². The summed E-state index contributed by atoms with van der Waals surface area (Å²) in [6.07, 6.45) is 1.68. The van der Waals surface area contributed by atoms with Gasteiger partial charge in [-0.3, -0.25) is 4.79 Å². The van der Waals surface area contributed by atoms with Crippen molar-refractivity contribution in [1.82, 2.24) is 14.8 Å². The fourth-order valence-electron chi connectivity index (χ4n) is 4.73. The number of aromatic nitrogens is 3. The number of aromatic amines is 1. The predicted molar refractivity (Wildman–Crippen MR) is 124 cm³/mol. The van der Waals surface area contributed by atoms with Gasteiger partial charge in [0.1, 0.15) is 5.69 Å². The molecule has 33 heavy (non-hydrogen) atoms. The maximum Gasteiger partial charge on any atom is 0.282 e. The number of benzene rings is 2. The van der Waals surface area contributed by atoms with Crippen LogP contribution in [0.3, 0.4) is 0 Å². The Balaban J connectivity index is 1.63. The molecule has 170 valence electrons. The van der Waals surface area contributed by atoms with Gasteiger partial charge in [0.2, 0.25) is 0 Å². The molecule has 0 atom stereocenters. The molecule has 2 aromatic carbocycles. The van der Waals surface area contributed by atoms with Crippen molar-refractivity contribution in [2.45, 2.75) is 0 Å². The summed E-state index contributed by atoms with van der Waals surface area (Å²) in [4.78, 5) is 20.5. The van der Waals surface area contributed by atoms with Crippen molar-refractivity contribution < 1.29 is 13.9 Å². The van der Waals surface area contributed by atoms with E-state index in [9.17, 15) is 4.79 Å². The van der Waals surface area contributed by atoms with Crippen LogP contribution < -0.4 is 15.4 Å². The Hall–Kier alpha value is -3.43. The van der Waals surface area contributed by atoms with Crippen LogP contribution in [0.1, 0.15) is 0 Å². The fraction of sp³-hybridized carbons (Fsp3) is 0.333. The van der Waals surface area contributed by atoms with E-state index in [4.69, 9.17) is 9.47 Å².